The van der Waals surface area contributed by atoms with Crippen molar-refractivity contribution in [3.8, 4) is 5.75 Å². The van der Waals surface area contributed by atoms with Gasteiger partial charge in [0, 0.05) is 24.7 Å². The maximum atomic E-state index is 12.9. The fourth-order valence-corrected chi connectivity index (χ4v) is 4.45. The van der Waals surface area contributed by atoms with Crippen molar-refractivity contribution in [2.45, 2.75) is 31.8 Å². The molecule has 1 saturated heterocycles. The SMILES string of the molecule is COc1ccc(CCNC(=O)C2CCCN2C(=O)NCc2cccc3cc(Cl)ccc23)cc1. The van der Waals surface area contributed by atoms with Crippen LogP contribution in [0.25, 0.3) is 10.8 Å². The number of rotatable bonds is 7. The second kappa shape index (κ2) is 10.6. The van der Waals surface area contributed by atoms with E-state index in [4.69, 9.17) is 16.3 Å². The highest BCUT2D eigenvalue weighted by molar-refractivity contribution is 6.31. The summed E-state index contributed by atoms with van der Waals surface area (Å²) in [6.45, 7) is 1.49. The summed E-state index contributed by atoms with van der Waals surface area (Å²) in [5.41, 5.74) is 2.13. The van der Waals surface area contributed by atoms with Gasteiger partial charge in [-0.05, 0) is 65.4 Å². The number of hydrogen-bond acceptors (Lipinski definition) is 3. The minimum atomic E-state index is -0.438. The molecule has 1 atom stereocenters. The molecule has 172 valence electrons. The van der Waals surface area contributed by atoms with Crippen LogP contribution in [0.3, 0.4) is 0 Å². The molecule has 0 aromatic heterocycles. The van der Waals surface area contributed by atoms with Gasteiger partial charge in [-0.1, -0.05) is 48.0 Å². The Morgan fingerprint density at radius 1 is 1.09 bits per heavy atom. The third-order valence-corrected chi connectivity index (χ3v) is 6.29. The number of amides is 3. The van der Waals surface area contributed by atoms with Crippen molar-refractivity contribution in [1.29, 1.82) is 0 Å². The molecule has 1 heterocycles. The molecule has 33 heavy (non-hydrogen) atoms. The van der Waals surface area contributed by atoms with E-state index in [0.29, 0.717) is 31.1 Å². The highest BCUT2D eigenvalue weighted by atomic mass is 35.5. The summed E-state index contributed by atoms with van der Waals surface area (Å²) in [4.78, 5) is 27.3. The molecule has 4 rings (SSSR count). The number of benzene rings is 3. The van der Waals surface area contributed by atoms with E-state index < -0.39 is 6.04 Å². The lowest BCUT2D eigenvalue weighted by Crippen LogP contribution is -2.49. The number of nitrogens with one attached hydrogen (secondary N) is 2. The van der Waals surface area contributed by atoms with Gasteiger partial charge in [-0.15, -0.1) is 0 Å². The molecule has 0 aliphatic carbocycles. The van der Waals surface area contributed by atoms with E-state index in [0.717, 1.165) is 40.5 Å². The van der Waals surface area contributed by atoms with Crippen LogP contribution in [-0.2, 0) is 17.8 Å². The van der Waals surface area contributed by atoms with Gasteiger partial charge in [-0.2, -0.15) is 0 Å². The first-order chi connectivity index (χ1) is 16.0. The Morgan fingerprint density at radius 2 is 1.91 bits per heavy atom. The number of methoxy groups -OCH3 is 1. The predicted molar refractivity (Wildman–Crippen MR) is 131 cm³/mol. The largest absolute Gasteiger partial charge is 0.497 e. The van der Waals surface area contributed by atoms with Crippen molar-refractivity contribution in [3.05, 3.63) is 76.8 Å². The van der Waals surface area contributed by atoms with Crippen molar-refractivity contribution >= 4 is 34.3 Å². The maximum absolute atomic E-state index is 12.9. The third kappa shape index (κ3) is 5.57. The average Bonchev–Trinajstić information content (AvgIpc) is 3.33. The van der Waals surface area contributed by atoms with Crippen LogP contribution in [-0.4, -0.2) is 43.1 Å². The van der Waals surface area contributed by atoms with E-state index >= 15 is 0 Å². The Bertz CT molecular complexity index is 1130. The molecule has 6 nitrogen and oxygen atoms in total. The Hall–Kier alpha value is -3.25. The molecule has 1 unspecified atom stereocenters. The number of urea groups is 1. The van der Waals surface area contributed by atoms with Gasteiger partial charge in [0.05, 0.1) is 7.11 Å². The van der Waals surface area contributed by atoms with Gasteiger partial charge >= 0.3 is 6.03 Å². The van der Waals surface area contributed by atoms with Crippen LogP contribution in [0.4, 0.5) is 4.79 Å². The highest BCUT2D eigenvalue weighted by Gasteiger charge is 2.33. The number of nitrogens with zero attached hydrogens (tertiary/aromatic N) is 1. The van der Waals surface area contributed by atoms with Crippen LogP contribution < -0.4 is 15.4 Å². The van der Waals surface area contributed by atoms with E-state index in [1.54, 1.807) is 12.0 Å². The van der Waals surface area contributed by atoms with Crippen LogP contribution in [0.1, 0.15) is 24.0 Å². The predicted octanol–water partition coefficient (Wildman–Crippen LogP) is 4.53. The molecule has 3 aromatic carbocycles. The second-order valence-corrected chi connectivity index (χ2v) is 8.62. The zero-order valence-electron chi connectivity index (χ0n) is 18.6. The molecule has 7 heteroatoms. The van der Waals surface area contributed by atoms with Gasteiger partial charge in [-0.25, -0.2) is 4.79 Å². The molecule has 1 fully saturated rings. The van der Waals surface area contributed by atoms with Gasteiger partial charge in [0.2, 0.25) is 5.91 Å². The van der Waals surface area contributed by atoms with Gasteiger partial charge in [0.1, 0.15) is 11.8 Å². The fraction of sp³-hybridized carbons (Fsp3) is 0.308. The van der Waals surface area contributed by atoms with E-state index in [-0.39, 0.29) is 11.9 Å². The van der Waals surface area contributed by atoms with Gasteiger partial charge in [-0.3, -0.25) is 4.79 Å². The highest BCUT2D eigenvalue weighted by Crippen LogP contribution is 2.23. The minimum Gasteiger partial charge on any atom is -0.497 e. The number of likely N-dealkylation sites (tertiary alicyclic amines) is 1. The second-order valence-electron chi connectivity index (χ2n) is 8.18. The number of ether oxygens (including phenoxy) is 1. The molecule has 0 radical (unpaired) electrons. The topological polar surface area (TPSA) is 70.7 Å². The molecule has 0 saturated carbocycles. The van der Waals surface area contributed by atoms with E-state index in [1.165, 1.54) is 0 Å². The van der Waals surface area contributed by atoms with Crippen LogP contribution >= 0.6 is 11.6 Å². The lowest BCUT2D eigenvalue weighted by atomic mass is 10.0. The van der Waals surface area contributed by atoms with Crippen molar-refractivity contribution in [2.75, 3.05) is 20.2 Å². The molecule has 2 N–H and O–H groups in total. The maximum Gasteiger partial charge on any atom is 0.318 e. The fourth-order valence-electron chi connectivity index (χ4n) is 4.27. The standard InChI is InChI=1S/C26H28ClN3O3/c1-33-22-10-7-18(8-11-22)13-14-28-25(31)24-6-3-15-30(24)26(32)29-17-20-5-2-4-19-16-21(27)9-12-23(19)20/h2,4-5,7-12,16,24H,3,6,13-15,17H2,1H3,(H,28,31)(H,29,32). The summed E-state index contributed by atoms with van der Waals surface area (Å²) in [5.74, 6) is 0.707. The molecule has 1 aliphatic heterocycles. The van der Waals surface area contributed by atoms with Crippen LogP contribution in [0.15, 0.2) is 60.7 Å². The minimum absolute atomic E-state index is 0.101. The zero-order valence-corrected chi connectivity index (χ0v) is 19.4. The Labute approximate surface area is 198 Å². The Kier molecular flexibility index (Phi) is 7.35. The molecular weight excluding hydrogens is 438 g/mol. The third-order valence-electron chi connectivity index (χ3n) is 6.05. The number of carbonyl (C=O) groups is 2. The molecule has 0 spiro atoms. The number of halogens is 1. The smallest absolute Gasteiger partial charge is 0.318 e. The van der Waals surface area contributed by atoms with E-state index in [2.05, 4.69) is 10.6 Å². The van der Waals surface area contributed by atoms with Crippen LogP contribution in [0, 0.1) is 0 Å². The zero-order chi connectivity index (χ0) is 23.2. The van der Waals surface area contributed by atoms with Gasteiger partial charge in [0.15, 0.2) is 0 Å². The van der Waals surface area contributed by atoms with Gasteiger partial charge in [0.25, 0.3) is 0 Å². The molecule has 3 aromatic rings. The first-order valence-corrected chi connectivity index (χ1v) is 11.6. The Morgan fingerprint density at radius 3 is 2.70 bits per heavy atom. The molecule has 3 amide bonds. The number of carbonyl (C=O) groups excluding carboxylic acids is 2. The van der Waals surface area contributed by atoms with Crippen molar-refractivity contribution in [3.63, 3.8) is 0 Å². The number of fused-ring (bicyclic) bond motifs is 1. The summed E-state index contributed by atoms with van der Waals surface area (Å²) < 4.78 is 5.17. The summed E-state index contributed by atoms with van der Waals surface area (Å²) in [6, 6.07) is 18.8. The first kappa shape index (κ1) is 22.9. The normalized spacial score (nSPS) is 15.5. The quantitative estimate of drug-likeness (QED) is 0.538. The number of hydrogen-bond donors (Lipinski definition) is 2. The van der Waals surface area contributed by atoms with E-state index in [9.17, 15) is 9.59 Å². The summed E-state index contributed by atoms with van der Waals surface area (Å²) in [7, 11) is 1.64. The molecule has 1 aliphatic rings. The van der Waals surface area contributed by atoms with Gasteiger partial charge < -0.3 is 20.3 Å². The van der Waals surface area contributed by atoms with Crippen LogP contribution in [0.2, 0.25) is 5.02 Å². The molecular formula is C26H28ClN3O3. The summed E-state index contributed by atoms with van der Waals surface area (Å²) in [5, 5.41) is 8.74. The van der Waals surface area contributed by atoms with Crippen molar-refractivity contribution < 1.29 is 14.3 Å². The molecule has 0 bridgehead atoms. The van der Waals surface area contributed by atoms with E-state index in [1.807, 2.05) is 60.7 Å². The summed E-state index contributed by atoms with van der Waals surface area (Å²) in [6.07, 6.45) is 2.21. The average molecular weight is 466 g/mol. The van der Waals surface area contributed by atoms with Crippen molar-refractivity contribution in [1.82, 2.24) is 15.5 Å². The first-order valence-electron chi connectivity index (χ1n) is 11.2. The lowest BCUT2D eigenvalue weighted by molar-refractivity contribution is -0.124. The monoisotopic (exact) mass is 465 g/mol. The van der Waals surface area contributed by atoms with Crippen LogP contribution in [0.5, 0.6) is 5.75 Å². The summed E-state index contributed by atoms with van der Waals surface area (Å²) >= 11 is 6.09. The van der Waals surface area contributed by atoms with Crippen molar-refractivity contribution in [2.24, 2.45) is 0 Å². The Balaban J connectivity index is 1.31. The lowest BCUT2D eigenvalue weighted by Gasteiger charge is -2.24.